The van der Waals surface area contributed by atoms with E-state index in [1.165, 1.54) is 0 Å². The summed E-state index contributed by atoms with van der Waals surface area (Å²) in [6.07, 6.45) is 3.76. The molecule has 23 heavy (non-hydrogen) atoms. The third-order valence-electron chi connectivity index (χ3n) is 4.13. The van der Waals surface area contributed by atoms with Gasteiger partial charge in [0.15, 0.2) is 11.0 Å². The third-order valence-corrected chi connectivity index (χ3v) is 5.42. The highest BCUT2D eigenvalue weighted by Crippen LogP contribution is 2.34. The van der Waals surface area contributed by atoms with Crippen LogP contribution in [0.2, 0.25) is 0 Å². The molecule has 6 heteroatoms. The first-order valence-corrected chi connectivity index (χ1v) is 8.88. The van der Waals surface area contributed by atoms with E-state index in [1.807, 2.05) is 24.3 Å². The van der Waals surface area contributed by atoms with Gasteiger partial charge in [-0.25, -0.2) is 0 Å². The van der Waals surface area contributed by atoms with Crippen LogP contribution in [0.3, 0.4) is 0 Å². The number of aromatic nitrogens is 3. The maximum absolute atomic E-state index is 12.1. The highest BCUT2D eigenvalue weighted by atomic mass is 32.2. The van der Waals surface area contributed by atoms with E-state index >= 15 is 0 Å². The summed E-state index contributed by atoms with van der Waals surface area (Å²) in [5.41, 5.74) is 0.922. The fourth-order valence-corrected chi connectivity index (χ4v) is 4.11. The molecule has 1 heterocycles. The Morgan fingerprint density at radius 1 is 1.30 bits per heavy atom. The number of nitrogens with zero attached hydrogens (tertiary/aromatic N) is 3. The number of para-hydroxylation sites is 1. The molecule has 1 aliphatic carbocycles. The van der Waals surface area contributed by atoms with Gasteiger partial charge in [0.2, 0.25) is 0 Å². The van der Waals surface area contributed by atoms with Crippen LogP contribution in [0.5, 0.6) is 5.75 Å². The van der Waals surface area contributed by atoms with Crippen molar-refractivity contribution in [3.63, 3.8) is 0 Å². The summed E-state index contributed by atoms with van der Waals surface area (Å²) in [5, 5.41) is 9.52. The lowest BCUT2D eigenvalue weighted by Crippen LogP contribution is -2.21. The summed E-state index contributed by atoms with van der Waals surface area (Å²) in [7, 11) is 1.65. The fourth-order valence-electron chi connectivity index (χ4n) is 2.89. The van der Waals surface area contributed by atoms with E-state index in [0.717, 1.165) is 48.1 Å². The molecule has 1 aromatic heterocycles. The number of benzene rings is 1. The molecule has 0 aliphatic heterocycles. The van der Waals surface area contributed by atoms with Crippen molar-refractivity contribution < 1.29 is 9.53 Å². The topological polar surface area (TPSA) is 57.0 Å². The molecule has 122 valence electrons. The Labute approximate surface area is 140 Å². The minimum Gasteiger partial charge on any atom is -0.496 e. The second-order valence-electron chi connectivity index (χ2n) is 5.57. The number of thioether (sulfide) groups is 1. The van der Waals surface area contributed by atoms with Crippen molar-refractivity contribution in [2.75, 3.05) is 7.11 Å². The summed E-state index contributed by atoms with van der Waals surface area (Å²) < 4.78 is 7.49. The number of rotatable bonds is 5. The number of ether oxygens (including phenoxy) is 1. The van der Waals surface area contributed by atoms with Crippen LogP contribution in [0.1, 0.15) is 32.6 Å². The number of methoxy groups -OCH3 is 1. The van der Waals surface area contributed by atoms with Gasteiger partial charge in [-0.05, 0) is 31.9 Å². The standard InChI is InChI=1S/C17H21N3O2S/c1-3-20-16(12-8-4-6-10-14(12)22-2)18-19-17(20)23-15-11-7-5-9-13(15)21/h4,6,8,10,15H,3,5,7,9,11H2,1-2H3/t15-/m0/s1. The quantitative estimate of drug-likeness (QED) is 0.838. The van der Waals surface area contributed by atoms with Gasteiger partial charge in [0.25, 0.3) is 0 Å². The molecular formula is C17H21N3O2S. The second-order valence-corrected chi connectivity index (χ2v) is 6.74. The first-order valence-electron chi connectivity index (χ1n) is 8.00. The van der Waals surface area contributed by atoms with Crippen molar-refractivity contribution in [2.24, 2.45) is 0 Å². The van der Waals surface area contributed by atoms with E-state index < -0.39 is 0 Å². The van der Waals surface area contributed by atoms with Crippen LogP contribution in [0.25, 0.3) is 11.4 Å². The number of carbonyl (C=O) groups is 1. The van der Waals surface area contributed by atoms with Gasteiger partial charge >= 0.3 is 0 Å². The predicted molar refractivity (Wildman–Crippen MR) is 90.8 cm³/mol. The van der Waals surface area contributed by atoms with Gasteiger partial charge in [0.1, 0.15) is 11.5 Å². The van der Waals surface area contributed by atoms with Crippen LogP contribution in [0, 0.1) is 0 Å². The van der Waals surface area contributed by atoms with Crippen molar-refractivity contribution >= 4 is 17.5 Å². The van der Waals surface area contributed by atoms with Gasteiger partial charge in [-0.2, -0.15) is 0 Å². The molecule has 2 aromatic rings. The lowest BCUT2D eigenvalue weighted by atomic mass is 9.99. The predicted octanol–water partition coefficient (Wildman–Crippen LogP) is 3.58. The average molecular weight is 331 g/mol. The van der Waals surface area contributed by atoms with Crippen LogP contribution in [-0.4, -0.2) is 32.9 Å². The van der Waals surface area contributed by atoms with Gasteiger partial charge in [-0.15, -0.1) is 10.2 Å². The highest BCUT2D eigenvalue weighted by Gasteiger charge is 2.26. The minimum atomic E-state index is 0.0174. The summed E-state index contributed by atoms with van der Waals surface area (Å²) in [6.45, 7) is 2.82. The van der Waals surface area contributed by atoms with Gasteiger partial charge < -0.3 is 9.30 Å². The zero-order valence-electron chi connectivity index (χ0n) is 13.5. The number of hydrogen-bond acceptors (Lipinski definition) is 5. The minimum absolute atomic E-state index is 0.0174. The largest absolute Gasteiger partial charge is 0.496 e. The molecule has 0 saturated heterocycles. The molecule has 0 N–H and O–H groups in total. The van der Waals surface area contributed by atoms with Gasteiger partial charge in [-0.1, -0.05) is 30.3 Å². The maximum Gasteiger partial charge on any atom is 0.192 e. The molecule has 1 saturated carbocycles. The van der Waals surface area contributed by atoms with Gasteiger partial charge in [-0.3, -0.25) is 4.79 Å². The van der Waals surface area contributed by atoms with Crippen molar-refractivity contribution in [2.45, 2.75) is 49.6 Å². The van der Waals surface area contributed by atoms with Gasteiger partial charge in [0, 0.05) is 13.0 Å². The molecule has 1 aliphatic rings. The smallest absolute Gasteiger partial charge is 0.192 e. The van der Waals surface area contributed by atoms with E-state index in [4.69, 9.17) is 4.74 Å². The first kappa shape index (κ1) is 16.1. The monoisotopic (exact) mass is 331 g/mol. The molecule has 0 bridgehead atoms. The number of Topliss-reactive ketones (excluding diaryl/α,β-unsaturated/α-hetero) is 1. The SMILES string of the molecule is CCn1c(S[C@H]2CCCCC2=O)nnc1-c1ccccc1OC. The van der Waals surface area contributed by atoms with Gasteiger partial charge in [0.05, 0.1) is 17.9 Å². The van der Waals surface area contributed by atoms with Crippen LogP contribution >= 0.6 is 11.8 Å². The molecule has 0 amide bonds. The van der Waals surface area contributed by atoms with Crippen LogP contribution in [-0.2, 0) is 11.3 Å². The zero-order chi connectivity index (χ0) is 16.2. The van der Waals surface area contributed by atoms with E-state index in [-0.39, 0.29) is 5.25 Å². The molecule has 0 radical (unpaired) electrons. The maximum atomic E-state index is 12.1. The number of carbonyl (C=O) groups excluding carboxylic acids is 1. The Balaban J connectivity index is 1.92. The Kier molecular flexibility index (Phi) is 5.00. The molecule has 1 atom stereocenters. The van der Waals surface area contributed by atoms with Crippen LogP contribution in [0.4, 0.5) is 0 Å². The van der Waals surface area contributed by atoms with E-state index in [9.17, 15) is 4.79 Å². The van der Waals surface area contributed by atoms with Crippen molar-refractivity contribution in [1.29, 1.82) is 0 Å². The van der Waals surface area contributed by atoms with E-state index in [2.05, 4.69) is 21.7 Å². The molecule has 0 unspecified atom stereocenters. The van der Waals surface area contributed by atoms with Crippen molar-refractivity contribution in [1.82, 2.24) is 14.8 Å². The summed E-state index contributed by atoms with van der Waals surface area (Å²) >= 11 is 1.55. The Hall–Kier alpha value is -1.82. The summed E-state index contributed by atoms with van der Waals surface area (Å²) in [4.78, 5) is 12.1. The molecular weight excluding hydrogens is 310 g/mol. The molecule has 1 fully saturated rings. The molecule has 3 rings (SSSR count). The normalized spacial score (nSPS) is 18.2. The van der Waals surface area contributed by atoms with Crippen molar-refractivity contribution in [3.8, 4) is 17.1 Å². The lowest BCUT2D eigenvalue weighted by Gasteiger charge is -2.19. The van der Waals surface area contributed by atoms with E-state index in [1.54, 1.807) is 18.9 Å². The number of hydrogen-bond donors (Lipinski definition) is 0. The van der Waals surface area contributed by atoms with Crippen molar-refractivity contribution in [3.05, 3.63) is 24.3 Å². The lowest BCUT2D eigenvalue weighted by molar-refractivity contribution is -0.119. The molecule has 1 aromatic carbocycles. The first-order chi connectivity index (χ1) is 11.2. The fraction of sp³-hybridized carbons (Fsp3) is 0.471. The molecule has 0 spiro atoms. The third kappa shape index (κ3) is 3.27. The van der Waals surface area contributed by atoms with E-state index in [0.29, 0.717) is 12.2 Å². The van der Waals surface area contributed by atoms with Crippen LogP contribution in [0.15, 0.2) is 29.4 Å². The average Bonchev–Trinajstić information content (AvgIpc) is 2.99. The summed E-state index contributed by atoms with van der Waals surface area (Å²) in [6, 6.07) is 7.80. The Morgan fingerprint density at radius 2 is 2.13 bits per heavy atom. The highest BCUT2D eigenvalue weighted by molar-refractivity contribution is 8.00. The number of ketones is 1. The zero-order valence-corrected chi connectivity index (χ0v) is 14.3. The Bertz CT molecular complexity index is 699. The summed E-state index contributed by atoms with van der Waals surface area (Å²) in [5.74, 6) is 1.90. The Morgan fingerprint density at radius 3 is 2.87 bits per heavy atom. The van der Waals surface area contributed by atoms with Crippen LogP contribution < -0.4 is 4.74 Å². The second kappa shape index (κ2) is 7.17. The molecule has 5 nitrogen and oxygen atoms in total.